The Labute approximate surface area is 138 Å². The van der Waals surface area contributed by atoms with Crippen LogP contribution < -0.4 is 0 Å². The van der Waals surface area contributed by atoms with Crippen molar-refractivity contribution in [1.29, 1.82) is 0 Å². The standard InChI is InChI=1S/C18H17FN4O/c1-10-8-12(19)9-15-16(10)22-17(21-15)18(24)23-7-5-14-13(11(23)2)4-3-6-20-14/h3-4,6,8-9,11H,5,7H2,1-2H3,(H,21,22). The van der Waals surface area contributed by atoms with E-state index < -0.39 is 0 Å². The highest BCUT2D eigenvalue weighted by atomic mass is 19.1. The third-order valence-corrected chi connectivity index (χ3v) is 4.64. The number of pyridine rings is 1. The van der Waals surface area contributed by atoms with Gasteiger partial charge in [-0.25, -0.2) is 9.37 Å². The van der Waals surface area contributed by atoms with E-state index in [0.29, 0.717) is 23.1 Å². The summed E-state index contributed by atoms with van der Waals surface area (Å²) >= 11 is 0. The van der Waals surface area contributed by atoms with Crippen molar-refractivity contribution in [3.63, 3.8) is 0 Å². The summed E-state index contributed by atoms with van der Waals surface area (Å²) in [6.07, 6.45) is 2.50. The molecule has 0 fully saturated rings. The summed E-state index contributed by atoms with van der Waals surface area (Å²) in [6.45, 7) is 4.37. The molecule has 24 heavy (non-hydrogen) atoms. The van der Waals surface area contributed by atoms with E-state index in [0.717, 1.165) is 17.7 Å². The molecule has 1 atom stereocenters. The molecule has 6 heteroatoms. The van der Waals surface area contributed by atoms with Crippen molar-refractivity contribution in [1.82, 2.24) is 19.9 Å². The average molecular weight is 324 g/mol. The minimum Gasteiger partial charge on any atom is -0.334 e. The maximum Gasteiger partial charge on any atom is 0.290 e. The summed E-state index contributed by atoms with van der Waals surface area (Å²) in [5, 5.41) is 0. The SMILES string of the molecule is Cc1cc(F)cc2[nH]c(C(=O)N3CCc4ncccc4C3C)nc12. The number of nitrogens with zero attached hydrogens (tertiary/aromatic N) is 3. The van der Waals surface area contributed by atoms with Crippen LogP contribution in [0.2, 0.25) is 0 Å². The molecule has 0 spiro atoms. The predicted molar refractivity (Wildman–Crippen MR) is 88.2 cm³/mol. The van der Waals surface area contributed by atoms with Gasteiger partial charge in [-0.2, -0.15) is 0 Å². The van der Waals surface area contributed by atoms with Crippen molar-refractivity contribution in [3.8, 4) is 0 Å². The molecule has 0 saturated carbocycles. The molecule has 5 nitrogen and oxygen atoms in total. The van der Waals surface area contributed by atoms with E-state index in [1.165, 1.54) is 12.1 Å². The van der Waals surface area contributed by atoms with E-state index in [-0.39, 0.29) is 23.6 Å². The topological polar surface area (TPSA) is 61.9 Å². The zero-order valence-electron chi connectivity index (χ0n) is 13.5. The van der Waals surface area contributed by atoms with Crippen molar-refractivity contribution < 1.29 is 9.18 Å². The summed E-state index contributed by atoms with van der Waals surface area (Å²) in [5.41, 5.74) is 3.99. The van der Waals surface area contributed by atoms with Crippen molar-refractivity contribution in [2.45, 2.75) is 26.3 Å². The monoisotopic (exact) mass is 324 g/mol. The minimum atomic E-state index is -0.339. The first-order valence-corrected chi connectivity index (χ1v) is 7.95. The number of aromatic nitrogens is 3. The molecule has 3 aromatic rings. The highest BCUT2D eigenvalue weighted by Gasteiger charge is 2.30. The number of carbonyl (C=O) groups is 1. The van der Waals surface area contributed by atoms with Crippen LogP contribution in [0.5, 0.6) is 0 Å². The summed E-state index contributed by atoms with van der Waals surface area (Å²) < 4.78 is 13.5. The maximum atomic E-state index is 13.5. The highest BCUT2D eigenvalue weighted by Crippen LogP contribution is 2.29. The highest BCUT2D eigenvalue weighted by molar-refractivity contribution is 5.95. The fourth-order valence-electron chi connectivity index (χ4n) is 3.39. The van der Waals surface area contributed by atoms with Gasteiger partial charge in [0.25, 0.3) is 5.91 Å². The third-order valence-electron chi connectivity index (χ3n) is 4.64. The van der Waals surface area contributed by atoms with Crippen molar-refractivity contribution in [2.24, 2.45) is 0 Å². The van der Waals surface area contributed by atoms with E-state index in [1.54, 1.807) is 18.0 Å². The minimum absolute atomic E-state index is 0.0685. The Morgan fingerprint density at radius 3 is 3.08 bits per heavy atom. The van der Waals surface area contributed by atoms with Gasteiger partial charge in [-0.05, 0) is 43.2 Å². The molecule has 3 heterocycles. The van der Waals surface area contributed by atoms with Gasteiger partial charge >= 0.3 is 0 Å². The number of halogens is 1. The van der Waals surface area contributed by atoms with Crippen LogP contribution in [-0.2, 0) is 6.42 Å². The second-order valence-corrected chi connectivity index (χ2v) is 6.17. The fourth-order valence-corrected chi connectivity index (χ4v) is 3.39. The maximum absolute atomic E-state index is 13.5. The molecule has 122 valence electrons. The second-order valence-electron chi connectivity index (χ2n) is 6.17. The van der Waals surface area contributed by atoms with Crippen molar-refractivity contribution in [2.75, 3.05) is 6.54 Å². The van der Waals surface area contributed by atoms with Crippen LogP contribution >= 0.6 is 0 Å². The Morgan fingerprint density at radius 1 is 1.42 bits per heavy atom. The Balaban J connectivity index is 1.71. The summed E-state index contributed by atoms with van der Waals surface area (Å²) in [6, 6.07) is 6.61. The zero-order valence-corrected chi connectivity index (χ0v) is 13.5. The Bertz CT molecular complexity index is 949. The van der Waals surface area contributed by atoms with Crippen molar-refractivity contribution in [3.05, 3.63) is 58.9 Å². The third kappa shape index (κ3) is 2.26. The van der Waals surface area contributed by atoms with Gasteiger partial charge in [0.05, 0.1) is 17.1 Å². The molecule has 1 aromatic carbocycles. The molecule has 1 aliphatic rings. The van der Waals surface area contributed by atoms with Gasteiger partial charge in [-0.1, -0.05) is 6.07 Å². The molecular formula is C18H17FN4O. The Hall–Kier alpha value is -2.76. The van der Waals surface area contributed by atoms with Crippen LogP contribution in [0.15, 0.2) is 30.5 Å². The molecule has 1 N–H and O–H groups in total. The van der Waals surface area contributed by atoms with Crippen molar-refractivity contribution >= 4 is 16.9 Å². The molecule has 0 aliphatic carbocycles. The molecule has 1 aliphatic heterocycles. The first kappa shape index (κ1) is 14.8. The number of carbonyl (C=O) groups excluding carboxylic acids is 1. The van der Waals surface area contributed by atoms with Crippen LogP contribution in [0.3, 0.4) is 0 Å². The van der Waals surface area contributed by atoms with Crippen LogP contribution in [-0.4, -0.2) is 32.3 Å². The molecule has 1 unspecified atom stereocenters. The molecule has 1 amide bonds. The second kappa shape index (κ2) is 5.40. The number of hydrogen-bond acceptors (Lipinski definition) is 3. The number of aromatic amines is 1. The number of amides is 1. The Morgan fingerprint density at radius 2 is 2.25 bits per heavy atom. The summed E-state index contributed by atoms with van der Waals surface area (Å²) in [4.78, 5) is 26.4. The zero-order chi connectivity index (χ0) is 16.8. The number of aryl methyl sites for hydroxylation is 1. The van der Waals surface area contributed by atoms with Crippen LogP contribution in [0.1, 0.15) is 40.4 Å². The van der Waals surface area contributed by atoms with E-state index in [2.05, 4.69) is 15.0 Å². The van der Waals surface area contributed by atoms with Crippen LogP contribution in [0.4, 0.5) is 4.39 Å². The molecule has 2 aromatic heterocycles. The van der Waals surface area contributed by atoms with E-state index in [4.69, 9.17) is 0 Å². The Kier molecular flexibility index (Phi) is 3.33. The number of hydrogen-bond donors (Lipinski definition) is 1. The average Bonchev–Trinajstić information content (AvgIpc) is 2.99. The van der Waals surface area contributed by atoms with Gasteiger partial charge < -0.3 is 9.88 Å². The lowest BCUT2D eigenvalue weighted by atomic mass is 9.98. The van der Waals surface area contributed by atoms with Gasteiger partial charge in [-0.3, -0.25) is 9.78 Å². The predicted octanol–water partition coefficient (Wildman–Crippen LogP) is 3.16. The first-order valence-electron chi connectivity index (χ1n) is 7.95. The fraction of sp³-hybridized carbons (Fsp3) is 0.278. The van der Waals surface area contributed by atoms with Crippen LogP contribution in [0, 0.1) is 12.7 Å². The molecular weight excluding hydrogens is 307 g/mol. The quantitative estimate of drug-likeness (QED) is 0.748. The van der Waals surface area contributed by atoms with Crippen LogP contribution in [0.25, 0.3) is 11.0 Å². The number of nitrogens with one attached hydrogen (secondary N) is 1. The van der Waals surface area contributed by atoms with E-state index in [1.807, 2.05) is 19.1 Å². The molecule has 0 saturated heterocycles. The lowest BCUT2D eigenvalue weighted by Gasteiger charge is -2.34. The van der Waals surface area contributed by atoms with E-state index >= 15 is 0 Å². The number of H-pyrrole nitrogens is 1. The largest absolute Gasteiger partial charge is 0.334 e. The number of rotatable bonds is 1. The molecule has 0 bridgehead atoms. The number of imidazole rings is 1. The number of benzene rings is 1. The summed E-state index contributed by atoms with van der Waals surface area (Å²) in [5.74, 6) is -0.264. The van der Waals surface area contributed by atoms with Gasteiger partial charge in [-0.15, -0.1) is 0 Å². The molecule has 0 radical (unpaired) electrons. The van der Waals surface area contributed by atoms with Gasteiger partial charge in [0.15, 0.2) is 5.82 Å². The van der Waals surface area contributed by atoms with Gasteiger partial charge in [0.2, 0.25) is 0 Å². The lowest BCUT2D eigenvalue weighted by Crippen LogP contribution is -2.39. The van der Waals surface area contributed by atoms with Gasteiger partial charge in [0, 0.05) is 24.9 Å². The smallest absolute Gasteiger partial charge is 0.290 e. The van der Waals surface area contributed by atoms with Gasteiger partial charge in [0.1, 0.15) is 5.82 Å². The number of fused-ring (bicyclic) bond motifs is 2. The summed E-state index contributed by atoms with van der Waals surface area (Å²) in [7, 11) is 0. The first-order chi connectivity index (χ1) is 11.5. The lowest BCUT2D eigenvalue weighted by molar-refractivity contribution is 0.0665. The molecule has 4 rings (SSSR count). The van der Waals surface area contributed by atoms with E-state index in [9.17, 15) is 9.18 Å². The normalized spacial score (nSPS) is 17.1.